The van der Waals surface area contributed by atoms with Crippen LogP contribution in [0.3, 0.4) is 0 Å². The highest BCUT2D eigenvalue weighted by Gasteiger charge is 2.32. The predicted molar refractivity (Wildman–Crippen MR) is 220 cm³/mol. The molecule has 2 rings (SSSR count). The molecule has 6 N–H and O–H groups in total. The Morgan fingerprint density at radius 2 is 1.57 bits per heavy atom. The number of thiazole rings is 1. The maximum absolute atomic E-state index is 13.7. The Labute approximate surface area is 345 Å². The topological polar surface area (TPSA) is 233 Å². The number of rotatable bonds is 23. The molecule has 1 aromatic carbocycles. The van der Waals surface area contributed by atoms with E-state index in [1.165, 1.54) is 45.2 Å². The Hall–Kier alpha value is -5.06. The van der Waals surface area contributed by atoms with Gasteiger partial charge in [-0.2, -0.15) is 0 Å². The summed E-state index contributed by atoms with van der Waals surface area (Å²) in [5, 5.41) is 32.7. The van der Waals surface area contributed by atoms with Gasteiger partial charge in [0, 0.05) is 50.7 Å². The van der Waals surface area contributed by atoms with E-state index in [9.17, 15) is 43.8 Å². The van der Waals surface area contributed by atoms with Crippen molar-refractivity contribution >= 4 is 58.5 Å². The zero-order valence-electron chi connectivity index (χ0n) is 35.3. The number of aromatic nitrogens is 1. The number of carbonyl (C=O) groups excluding carboxylic acids is 6. The fourth-order valence-corrected chi connectivity index (χ4v) is 6.97. The third-order valence-electron chi connectivity index (χ3n) is 9.87. The van der Waals surface area contributed by atoms with Crippen LogP contribution in [0.4, 0.5) is 5.69 Å². The minimum Gasteiger partial charge on any atom is -0.506 e. The normalized spacial score (nSPS) is 14.8. The first-order valence-corrected chi connectivity index (χ1v) is 20.7. The fraction of sp³-hybridized carbons (Fsp3) is 0.610. The van der Waals surface area contributed by atoms with Gasteiger partial charge in [0.15, 0.2) is 6.10 Å². The molecule has 1 aromatic heterocycles. The van der Waals surface area contributed by atoms with Crippen molar-refractivity contribution in [3.8, 4) is 5.75 Å². The lowest BCUT2D eigenvalue weighted by Crippen LogP contribution is -2.50. The van der Waals surface area contributed by atoms with Crippen LogP contribution in [0.15, 0.2) is 23.6 Å². The van der Waals surface area contributed by atoms with Crippen molar-refractivity contribution < 1.29 is 48.5 Å². The molecule has 0 radical (unpaired) electrons. The maximum Gasteiger partial charge on any atom is 0.306 e. The van der Waals surface area contributed by atoms with Crippen molar-refractivity contribution in [1.82, 2.24) is 25.8 Å². The molecule has 0 spiro atoms. The van der Waals surface area contributed by atoms with Crippen LogP contribution in [-0.4, -0.2) is 92.8 Å². The Balaban J connectivity index is 2.27. The average Bonchev–Trinajstić information content (AvgIpc) is 3.64. The molecule has 0 saturated heterocycles. The van der Waals surface area contributed by atoms with Crippen LogP contribution in [0.5, 0.6) is 5.75 Å². The Morgan fingerprint density at radius 3 is 2.16 bits per heavy atom. The highest BCUT2D eigenvalue weighted by Crippen LogP contribution is 2.31. The molecule has 0 fully saturated rings. The Kier molecular flexibility index (Phi) is 19.8. The molecule has 17 heteroatoms. The van der Waals surface area contributed by atoms with Crippen molar-refractivity contribution in [2.45, 2.75) is 138 Å². The summed E-state index contributed by atoms with van der Waals surface area (Å²) >= 11 is 1.13. The summed E-state index contributed by atoms with van der Waals surface area (Å²) in [6.07, 6.45) is 1.67. The van der Waals surface area contributed by atoms with E-state index in [4.69, 9.17) is 4.74 Å². The van der Waals surface area contributed by atoms with Crippen LogP contribution < -0.4 is 21.3 Å². The van der Waals surface area contributed by atoms with E-state index >= 15 is 0 Å². The number of hydrogen-bond donors (Lipinski definition) is 6. The van der Waals surface area contributed by atoms with Crippen molar-refractivity contribution in [2.75, 3.05) is 12.4 Å². The number of carbonyl (C=O) groups is 7. The first kappa shape index (κ1) is 49.1. The minimum atomic E-state index is -1.07. The largest absolute Gasteiger partial charge is 0.506 e. The van der Waals surface area contributed by atoms with Gasteiger partial charge in [-0.3, -0.25) is 33.6 Å². The van der Waals surface area contributed by atoms with E-state index < -0.39 is 59.8 Å². The standard InChI is InChI=1S/C41H62N6O10S/c1-11-13-35(50)42-25(7)37(52)43-26(8)38(53)45-30-19-28(14-15-33(30)49)18-29(17-24(6)41(55)56)44-39(54)31-21-58-40(46-31)34(57-27(9)48)20-32(22(3)4)47(10)36(51)16-23(5)12-2/h14-15,19,21-26,29,32,34,49H,11-13,16-18,20H2,1-10H3,(H,42,50)(H,43,52)(H,44,54)(H,45,53)(H,55,56)/t23-,24-,25-,26-,29+,32?,34+/m0/s1. The number of aromatic hydroxyl groups is 1. The maximum atomic E-state index is 13.7. The number of benzene rings is 1. The summed E-state index contributed by atoms with van der Waals surface area (Å²) in [5.41, 5.74) is 0.596. The molecule has 1 heterocycles. The number of phenols is 1. The van der Waals surface area contributed by atoms with E-state index in [1.54, 1.807) is 18.0 Å². The number of hydrogen-bond acceptors (Lipinski definition) is 11. The number of esters is 1. The molecule has 322 valence electrons. The molecule has 0 aliphatic carbocycles. The number of carboxylic acid groups (broad SMARTS) is 1. The van der Waals surface area contributed by atoms with Gasteiger partial charge in [-0.25, -0.2) is 4.98 Å². The lowest BCUT2D eigenvalue weighted by molar-refractivity contribution is -0.148. The Bertz CT molecular complexity index is 1750. The molecule has 0 aliphatic rings. The second-order valence-electron chi connectivity index (χ2n) is 15.4. The second-order valence-corrected chi connectivity index (χ2v) is 16.3. The SMILES string of the molecule is CCCC(=O)N[C@@H](C)C(=O)N[C@@H](C)C(=O)Nc1cc(C[C@@H](C[C@H](C)C(=O)O)NC(=O)c2csc([C@@H](CC(C(C)C)N(C)C(=O)C[C@@H](C)CC)OC(C)=O)n2)ccc1O. The number of nitrogens with zero attached hydrogens (tertiary/aromatic N) is 2. The molecular weight excluding hydrogens is 769 g/mol. The zero-order chi connectivity index (χ0) is 43.9. The highest BCUT2D eigenvalue weighted by molar-refractivity contribution is 7.09. The van der Waals surface area contributed by atoms with E-state index in [0.717, 1.165) is 17.8 Å². The van der Waals surface area contributed by atoms with Crippen LogP contribution in [0, 0.1) is 17.8 Å². The van der Waals surface area contributed by atoms with Crippen LogP contribution >= 0.6 is 11.3 Å². The van der Waals surface area contributed by atoms with E-state index in [0.29, 0.717) is 23.4 Å². The summed E-state index contributed by atoms with van der Waals surface area (Å²) in [5.74, 6) is -4.62. The average molecular weight is 831 g/mol. The Morgan fingerprint density at radius 1 is 0.914 bits per heavy atom. The van der Waals surface area contributed by atoms with Crippen LogP contribution in [-0.2, 0) is 39.9 Å². The first-order valence-electron chi connectivity index (χ1n) is 19.8. The number of amides is 5. The van der Waals surface area contributed by atoms with Gasteiger partial charge in [0.1, 0.15) is 28.5 Å². The van der Waals surface area contributed by atoms with Crippen molar-refractivity contribution in [3.05, 3.63) is 39.8 Å². The lowest BCUT2D eigenvalue weighted by Gasteiger charge is -2.34. The van der Waals surface area contributed by atoms with Gasteiger partial charge in [0.25, 0.3) is 5.91 Å². The van der Waals surface area contributed by atoms with Gasteiger partial charge >= 0.3 is 11.9 Å². The molecule has 0 aliphatic heterocycles. The highest BCUT2D eigenvalue weighted by atomic mass is 32.1. The van der Waals surface area contributed by atoms with Gasteiger partial charge in [0.05, 0.1) is 11.6 Å². The number of phenolic OH excluding ortho intramolecular Hbond substituents is 1. The third kappa shape index (κ3) is 15.7. The van der Waals surface area contributed by atoms with Crippen LogP contribution in [0.2, 0.25) is 0 Å². The molecule has 2 aromatic rings. The molecule has 7 atom stereocenters. The molecule has 1 unspecified atom stereocenters. The monoisotopic (exact) mass is 830 g/mol. The number of ether oxygens (including phenoxy) is 1. The van der Waals surface area contributed by atoms with Crippen molar-refractivity contribution in [1.29, 1.82) is 0 Å². The number of aliphatic carboxylic acids is 1. The van der Waals surface area contributed by atoms with Crippen molar-refractivity contribution in [2.24, 2.45) is 17.8 Å². The predicted octanol–water partition coefficient (Wildman–Crippen LogP) is 4.96. The lowest BCUT2D eigenvalue weighted by atomic mass is 9.95. The summed E-state index contributed by atoms with van der Waals surface area (Å²) in [6.45, 7) is 15.6. The minimum absolute atomic E-state index is 0.0150. The summed E-state index contributed by atoms with van der Waals surface area (Å²) in [4.78, 5) is 94.5. The quantitative estimate of drug-likeness (QED) is 0.0647. The van der Waals surface area contributed by atoms with Gasteiger partial charge < -0.3 is 41.1 Å². The van der Waals surface area contributed by atoms with E-state index in [1.807, 2.05) is 34.6 Å². The van der Waals surface area contributed by atoms with Gasteiger partial charge in [0.2, 0.25) is 23.6 Å². The van der Waals surface area contributed by atoms with Crippen LogP contribution in [0.1, 0.15) is 128 Å². The van der Waals surface area contributed by atoms with Crippen LogP contribution in [0.25, 0.3) is 0 Å². The smallest absolute Gasteiger partial charge is 0.306 e. The van der Waals surface area contributed by atoms with Gasteiger partial charge in [-0.05, 0) is 62.6 Å². The number of nitrogens with one attached hydrogen (secondary N) is 4. The third-order valence-corrected chi connectivity index (χ3v) is 10.8. The molecule has 0 saturated carbocycles. The second kappa shape index (κ2) is 23.4. The number of anilines is 1. The molecule has 16 nitrogen and oxygen atoms in total. The summed E-state index contributed by atoms with van der Waals surface area (Å²) in [7, 11) is 1.74. The molecule has 58 heavy (non-hydrogen) atoms. The molecular formula is C41H62N6O10S. The van der Waals surface area contributed by atoms with Gasteiger partial charge in [-0.1, -0.05) is 54.0 Å². The summed E-state index contributed by atoms with van der Waals surface area (Å²) < 4.78 is 5.68. The molecule has 5 amide bonds. The summed E-state index contributed by atoms with van der Waals surface area (Å²) in [6, 6.07) is 1.46. The molecule has 0 bridgehead atoms. The van der Waals surface area contributed by atoms with E-state index in [-0.39, 0.29) is 72.5 Å². The first-order chi connectivity index (χ1) is 27.2. The number of carboxylic acids is 1. The van der Waals surface area contributed by atoms with E-state index in [2.05, 4.69) is 26.3 Å². The fourth-order valence-electron chi connectivity index (χ4n) is 6.13. The van der Waals surface area contributed by atoms with Gasteiger partial charge in [-0.15, -0.1) is 11.3 Å². The van der Waals surface area contributed by atoms with Crippen molar-refractivity contribution in [3.63, 3.8) is 0 Å². The zero-order valence-corrected chi connectivity index (χ0v) is 36.2.